The van der Waals surface area contributed by atoms with Crippen molar-refractivity contribution < 1.29 is 22.7 Å². The molecular formula is C14H13F3N2O2S. The fourth-order valence-corrected chi connectivity index (χ4v) is 2.72. The van der Waals surface area contributed by atoms with Crippen molar-refractivity contribution in [1.82, 2.24) is 9.88 Å². The van der Waals surface area contributed by atoms with Gasteiger partial charge in [-0.3, -0.25) is 4.79 Å². The molecule has 118 valence electrons. The van der Waals surface area contributed by atoms with Gasteiger partial charge in [0.15, 0.2) is 0 Å². The summed E-state index contributed by atoms with van der Waals surface area (Å²) >= 11 is 0.434. The van der Waals surface area contributed by atoms with Crippen molar-refractivity contribution in [3.8, 4) is 5.88 Å². The maximum atomic E-state index is 12.6. The number of halogens is 3. The number of alkyl halides is 3. The predicted octanol–water partition coefficient (Wildman–Crippen LogP) is 3.44. The van der Waals surface area contributed by atoms with Gasteiger partial charge < -0.3 is 9.64 Å². The molecule has 0 saturated carbocycles. The van der Waals surface area contributed by atoms with Crippen LogP contribution in [0.15, 0.2) is 30.5 Å². The number of pyridine rings is 1. The van der Waals surface area contributed by atoms with Gasteiger partial charge in [0.2, 0.25) is 5.88 Å². The Hall–Kier alpha value is -2.09. The third kappa shape index (κ3) is 3.56. The summed E-state index contributed by atoms with van der Waals surface area (Å²) < 4.78 is 42.8. The minimum Gasteiger partial charge on any atom is -0.481 e. The first-order valence-electron chi connectivity index (χ1n) is 6.23. The number of rotatable bonds is 4. The van der Waals surface area contributed by atoms with Crippen LogP contribution in [0.2, 0.25) is 0 Å². The summed E-state index contributed by atoms with van der Waals surface area (Å²) in [4.78, 5) is 16.8. The number of nitrogens with zero attached hydrogens (tertiary/aromatic N) is 2. The number of hydrogen-bond donors (Lipinski definition) is 0. The summed E-state index contributed by atoms with van der Waals surface area (Å²) in [7, 11) is 2.98. The van der Waals surface area contributed by atoms with Crippen molar-refractivity contribution in [3.05, 3.63) is 45.8 Å². The first kappa shape index (κ1) is 16.3. The van der Waals surface area contributed by atoms with E-state index in [1.165, 1.54) is 25.1 Å². The Labute approximate surface area is 129 Å². The highest BCUT2D eigenvalue weighted by molar-refractivity contribution is 7.14. The Bertz CT molecular complexity index is 670. The molecule has 0 atom stereocenters. The van der Waals surface area contributed by atoms with Gasteiger partial charge in [0, 0.05) is 18.8 Å². The monoisotopic (exact) mass is 330 g/mol. The van der Waals surface area contributed by atoms with Crippen molar-refractivity contribution in [2.24, 2.45) is 0 Å². The molecule has 0 unspecified atom stereocenters. The second-order valence-electron chi connectivity index (χ2n) is 4.49. The van der Waals surface area contributed by atoms with E-state index in [-0.39, 0.29) is 11.4 Å². The van der Waals surface area contributed by atoms with Crippen LogP contribution < -0.4 is 4.74 Å². The Balaban J connectivity index is 2.14. The molecule has 0 spiro atoms. The van der Waals surface area contributed by atoms with Crippen molar-refractivity contribution in [2.75, 3.05) is 14.2 Å². The van der Waals surface area contributed by atoms with Crippen LogP contribution in [0.25, 0.3) is 0 Å². The Morgan fingerprint density at radius 1 is 1.36 bits per heavy atom. The first-order valence-corrected chi connectivity index (χ1v) is 7.05. The zero-order valence-corrected chi connectivity index (χ0v) is 12.7. The molecule has 0 aromatic carbocycles. The van der Waals surface area contributed by atoms with Gasteiger partial charge >= 0.3 is 6.18 Å². The Kier molecular flexibility index (Phi) is 4.70. The van der Waals surface area contributed by atoms with E-state index >= 15 is 0 Å². The molecule has 0 fully saturated rings. The molecule has 1 amide bonds. The van der Waals surface area contributed by atoms with Crippen LogP contribution in [0.4, 0.5) is 13.2 Å². The summed E-state index contributed by atoms with van der Waals surface area (Å²) in [5.74, 6) is -0.101. The summed E-state index contributed by atoms with van der Waals surface area (Å²) in [6.07, 6.45) is -2.88. The lowest BCUT2D eigenvalue weighted by Crippen LogP contribution is -2.25. The highest BCUT2D eigenvalue weighted by Crippen LogP contribution is 2.35. The van der Waals surface area contributed by atoms with Gasteiger partial charge in [-0.2, -0.15) is 13.2 Å². The predicted molar refractivity (Wildman–Crippen MR) is 75.9 cm³/mol. The van der Waals surface area contributed by atoms with Gasteiger partial charge in [-0.05, 0) is 18.2 Å². The fraction of sp³-hybridized carbons (Fsp3) is 0.286. The molecule has 0 radical (unpaired) electrons. The van der Waals surface area contributed by atoms with Gasteiger partial charge in [-0.15, -0.1) is 11.3 Å². The molecule has 0 bridgehead atoms. The lowest BCUT2D eigenvalue weighted by Gasteiger charge is -2.17. The van der Waals surface area contributed by atoms with E-state index in [1.54, 1.807) is 18.3 Å². The summed E-state index contributed by atoms with van der Waals surface area (Å²) in [6.45, 7) is 0.190. The van der Waals surface area contributed by atoms with Crippen LogP contribution in [-0.4, -0.2) is 29.9 Å². The van der Waals surface area contributed by atoms with Gasteiger partial charge in [-0.1, -0.05) is 6.07 Å². The average Bonchev–Trinajstić information content (AvgIpc) is 2.96. The molecule has 8 heteroatoms. The molecule has 4 nitrogen and oxygen atoms in total. The van der Waals surface area contributed by atoms with E-state index in [1.807, 2.05) is 0 Å². The third-order valence-corrected chi connectivity index (χ3v) is 4.01. The van der Waals surface area contributed by atoms with Crippen LogP contribution in [0.1, 0.15) is 20.1 Å². The number of aromatic nitrogens is 1. The molecule has 2 heterocycles. The van der Waals surface area contributed by atoms with Gasteiger partial charge in [-0.25, -0.2) is 4.98 Å². The molecule has 2 rings (SSSR count). The molecule has 0 aliphatic carbocycles. The topological polar surface area (TPSA) is 42.4 Å². The fourth-order valence-electron chi connectivity index (χ4n) is 1.85. The average molecular weight is 330 g/mol. The summed E-state index contributed by atoms with van der Waals surface area (Å²) in [6, 6.07) is 5.54. The lowest BCUT2D eigenvalue weighted by atomic mass is 10.2. The Morgan fingerprint density at radius 3 is 2.68 bits per heavy atom. The van der Waals surface area contributed by atoms with Crippen LogP contribution in [-0.2, 0) is 12.7 Å². The van der Waals surface area contributed by atoms with Crippen molar-refractivity contribution in [3.63, 3.8) is 0 Å². The molecule has 2 aromatic heterocycles. The smallest absolute Gasteiger partial charge is 0.425 e. The number of carbonyl (C=O) groups is 1. The lowest BCUT2D eigenvalue weighted by molar-refractivity contribution is -0.134. The number of ether oxygens (including phenoxy) is 1. The van der Waals surface area contributed by atoms with E-state index < -0.39 is 17.0 Å². The second-order valence-corrected chi connectivity index (χ2v) is 5.58. The molecule has 0 aliphatic heterocycles. The van der Waals surface area contributed by atoms with E-state index in [0.717, 1.165) is 6.07 Å². The SMILES string of the molecule is COc1ncccc1CN(C)C(=O)c1ccc(C(F)(F)F)s1. The van der Waals surface area contributed by atoms with Gasteiger partial charge in [0.05, 0.1) is 18.5 Å². The number of thiophene rings is 1. The summed E-state index contributed by atoms with van der Waals surface area (Å²) in [5.41, 5.74) is 0.674. The van der Waals surface area contributed by atoms with E-state index in [0.29, 0.717) is 22.8 Å². The van der Waals surface area contributed by atoms with E-state index in [4.69, 9.17) is 4.74 Å². The maximum absolute atomic E-state index is 12.6. The second kappa shape index (κ2) is 6.35. The third-order valence-electron chi connectivity index (χ3n) is 2.89. The maximum Gasteiger partial charge on any atom is 0.425 e. The molecule has 2 aromatic rings. The molecule has 0 saturated heterocycles. The van der Waals surface area contributed by atoms with Crippen LogP contribution in [0.5, 0.6) is 5.88 Å². The quantitative estimate of drug-likeness (QED) is 0.862. The number of methoxy groups -OCH3 is 1. The summed E-state index contributed by atoms with van der Waals surface area (Å²) in [5, 5.41) is 0. The van der Waals surface area contributed by atoms with Gasteiger partial charge in [0.25, 0.3) is 5.91 Å². The van der Waals surface area contributed by atoms with E-state index in [2.05, 4.69) is 4.98 Å². The molecule has 0 aliphatic rings. The molecule has 0 N–H and O–H groups in total. The normalized spacial score (nSPS) is 11.3. The first-order chi connectivity index (χ1) is 10.3. The largest absolute Gasteiger partial charge is 0.481 e. The van der Waals surface area contributed by atoms with Crippen molar-refractivity contribution in [2.45, 2.75) is 12.7 Å². The highest BCUT2D eigenvalue weighted by atomic mass is 32.1. The number of carbonyl (C=O) groups excluding carboxylic acids is 1. The minimum absolute atomic E-state index is 0.0395. The minimum atomic E-state index is -4.44. The van der Waals surface area contributed by atoms with Crippen LogP contribution in [0.3, 0.4) is 0 Å². The number of amides is 1. The molecule has 22 heavy (non-hydrogen) atoms. The highest BCUT2D eigenvalue weighted by Gasteiger charge is 2.33. The molecular weight excluding hydrogens is 317 g/mol. The standard InChI is InChI=1S/C14H13F3N2O2S/c1-19(8-9-4-3-7-18-12(9)21-2)13(20)10-5-6-11(22-10)14(15,16)17/h3-7H,8H2,1-2H3. The van der Waals surface area contributed by atoms with Crippen molar-refractivity contribution in [1.29, 1.82) is 0 Å². The van der Waals surface area contributed by atoms with Crippen LogP contribution in [0, 0.1) is 0 Å². The Morgan fingerprint density at radius 2 is 2.09 bits per heavy atom. The van der Waals surface area contributed by atoms with Gasteiger partial charge in [0.1, 0.15) is 4.88 Å². The zero-order chi connectivity index (χ0) is 16.3. The number of hydrogen-bond acceptors (Lipinski definition) is 4. The van der Waals surface area contributed by atoms with Crippen LogP contribution >= 0.6 is 11.3 Å². The zero-order valence-electron chi connectivity index (χ0n) is 11.8. The van der Waals surface area contributed by atoms with Crippen molar-refractivity contribution >= 4 is 17.2 Å². The van der Waals surface area contributed by atoms with E-state index in [9.17, 15) is 18.0 Å².